The third-order valence-electron chi connectivity index (χ3n) is 3.25. The van der Waals surface area contributed by atoms with Gasteiger partial charge in [0.15, 0.2) is 16.9 Å². The number of β-lactam (4-membered cyclic amide) rings is 1. The zero-order valence-corrected chi connectivity index (χ0v) is 15.6. The predicted octanol–water partition coefficient (Wildman–Crippen LogP) is -0.481. The Morgan fingerprint density at radius 3 is 2.81 bits per heavy atom. The van der Waals surface area contributed by atoms with Crippen LogP contribution in [0, 0.1) is 0 Å². The normalized spacial score (nSPS) is 18.9. The van der Waals surface area contributed by atoms with Crippen molar-refractivity contribution in [1.82, 2.24) is 15.6 Å². The SMILES string of the molecule is CCCON=C(C(=O)N[C@@H]1C(=O)N[C@@H]1C(=O)O)c1csc(NC(=O)CCl)n1. The molecule has 0 aromatic carbocycles. The molecular weight excluding hydrogens is 402 g/mol. The van der Waals surface area contributed by atoms with Crippen molar-refractivity contribution in [2.24, 2.45) is 5.16 Å². The van der Waals surface area contributed by atoms with Gasteiger partial charge in [-0.1, -0.05) is 12.1 Å². The monoisotopic (exact) mass is 417 g/mol. The lowest BCUT2D eigenvalue weighted by Gasteiger charge is -2.33. The number of aliphatic carboxylic acids is 1. The Morgan fingerprint density at radius 2 is 2.22 bits per heavy atom. The smallest absolute Gasteiger partial charge is 0.328 e. The van der Waals surface area contributed by atoms with Crippen LogP contribution in [-0.4, -0.2) is 64.1 Å². The lowest BCUT2D eigenvalue weighted by molar-refractivity contribution is -0.151. The van der Waals surface area contributed by atoms with Crippen molar-refractivity contribution in [2.75, 3.05) is 17.8 Å². The van der Waals surface area contributed by atoms with Crippen LogP contribution >= 0.6 is 22.9 Å². The van der Waals surface area contributed by atoms with Crippen LogP contribution in [0.15, 0.2) is 10.5 Å². The Hall–Kier alpha value is -2.73. The molecule has 0 unspecified atom stereocenters. The highest BCUT2D eigenvalue weighted by molar-refractivity contribution is 7.14. The zero-order valence-electron chi connectivity index (χ0n) is 14.0. The van der Waals surface area contributed by atoms with Crippen LogP contribution in [0.3, 0.4) is 0 Å². The van der Waals surface area contributed by atoms with E-state index in [9.17, 15) is 19.2 Å². The van der Waals surface area contributed by atoms with E-state index in [4.69, 9.17) is 21.5 Å². The maximum Gasteiger partial charge on any atom is 0.328 e. The first-order valence-electron chi connectivity index (χ1n) is 7.73. The number of nitrogens with zero attached hydrogens (tertiary/aromatic N) is 2. The van der Waals surface area contributed by atoms with Gasteiger partial charge in [0, 0.05) is 5.38 Å². The van der Waals surface area contributed by atoms with Crippen LogP contribution in [0.1, 0.15) is 19.0 Å². The number of aromatic nitrogens is 1. The van der Waals surface area contributed by atoms with E-state index in [2.05, 4.69) is 26.1 Å². The highest BCUT2D eigenvalue weighted by Gasteiger charge is 2.45. The molecule has 0 aliphatic carbocycles. The number of carboxylic acids is 1. The van der Waals surface area contributed by atoms with Gasteiger partial charge in [-0.15, -0.1) is 22.9 Å². The summed E-state index contributed by atoms with van der Waals surface area (Å²) < 4.78 is 0. The Labute approximate surface area is 162 Å². The fourth-order valence-electron chi connectivity index (χ4n) is 1.94. The molecule has 2 atom stereocenters. The van der Waals surface area contributed by atoms with Crippen LogP contribution < -0.4 is 16.0 Å². The van der Waals surface area contributed by atoms with Crippen LogP contribution in [0.5, 0.6) is 0 Å². The van der Waals surface area contributed by atoms with Crippen LogP contribution in [0.2, 0.25) is 0 Å². The molecular formula is C14H16ClN5O6S. The topological polar surface area (TPSA) is 159 Å². The van der Waals surface area contributed by atoms with Gasteiger partial charge in [-0.2, -0.15) is 0 Å². The number of rotatable bonds is 9. The molecule has 0 radical (unpaired) electrons. The minimum atomic E-state index is -1.28. The molecule has 4 N–H and O–H groups in total. The van der Waals surface area contributed by atoms with Gasteiger partial charge in [0.25, 0.3) is 5.91 Å². The van der Waals surface area contributed by atoms with Gasteiger partial charge in [-0.25, -0.2) is 9.78 Å². The van der Waals surface area contributed by atoms with Crippen LogP contribution in [-0.2, 0) is 24.0 Å². The fourth-order valence-corrected chi connectivity index (χ4v) is 2.72. The first-order chi connectivity index (χ1) is 12.9. The van der Waals surface area contributed by atoms with E-state index < -0.39 is 35.8 Å². The molecule has 0 spiro atoms. The molecule has 3 amide bonds. The van der Waals surface area contributed by atoms with Gasteiger partial charge in [-0.05, 0) is 6.42 Å². The van der Waals surface area contributed by atoms with Crippen molar-refractivity contribution in [3.8, 4) is 0 Å². The van der Waals surface area contributed by atoms with Crippen molar-refractivity contribution in [2.45, 2.75) is 25.4 Å². The fraction of sp³-hybridized carbons (Fsp3) is 0.429. The average molecular weight is 418 g/mol. The summed E-state index contributed by atoms with van der Waals surface area (Å²) in [6.07, 6.45) is 0.638. The lowest BCUT2D eigenvalue weighted by atomic mass is 9.99. The molecule has 1 aromatic heterocycles. The van der Waals surface area contributed by atoms with Gasteiger partial charge in [0.05, 0.1) is 0 Å². The maximum atomic E-state index is 12.5. The summed E-state index contributed by atoms with van der Waals surface area (Å²) in [7, 11) is 0. The van der Waals surface area contributed by atoms with E-state index in [-0.39, 0.29) is 29.0 Å². The number of anilines is 1. The molecule has 0 bridgehead atoms. The quantitative estimate of drug-likeness (QED) is 0.139. The van der Waals surface area contributed by atoms with Gasteiger partial charge in [-0.3, -0.25) is 14.4 Å². The van der Waals surface area contributed by atoms with Gasteiger partial charge in [0.1, 0.15) is 24.2 Å². The van der Waals surface area contributed by atoms with E-state index in [1.807, 2.05) is 6.92 Å². The van der Waals surface area contributed by atoms with Crippen LogP contribution in [0.4, 0.5) is 5.13 Å². The highest BCUT2D eigenvalue weighted by Crippen LogP contribution is 2.17. The van der Waals surface area contributed by atoms with Gasteiger partial charge < -0.3 is 25.9 Å². The molecule has 1 aromatic rings. The van der Waals surface area contributed by atoms with Crippen molar-refractivity contribution in [3.63, 3.8) is 0 Å². The zero-order chi connectivity index (χ0) is 20.0. The Morgan fingerprint density at radius 1 is 1.48 bits per heavy atom. The van der Waals surface area contributed by atoms with Crippen molar-refractivity contribution in [3.05, 3.63) is 11.1 Å². The lowest BCUT2D eigenvalue weighted by Crippen LogP contribution is -2.72. The van der Waals surface area contributed by atoms with E-state index >= 15 is 0 Å². The molecule has 27 heavy (non-hydrogen) atoms. The van der Waals surface area contributed by atoms with Gasteiger partial charge >= 0.3 is 5.97 Å². The molecule has 2 rings (SSSR count). The molecule has 1 fully saturated rings. The second kappa shape index (κ2) is 9.28. The number of hydrogen-bond acceptors (Lipinski definition) is 8. The molecule has 13 heteroatoms. The predicted molar refractivity (Wildman–Crippen MR) is 95.7 cm³/mol. The molecule has 1 saturated heterocycles. The van der Waals surface area contributed by atoms with Crippen molar-refractivity contribution in [1.29, 1.82) is 0 Å². The molecule has 2 heterocycles. The molecule has 1 aliphatic heterocycles. The largest absolute Gasteiger partial charge is 0.480 e. The maximum absolute atomic E-state index is 12.5. The number of amides is 3. The summed E-state index contributed by atoms with van der Waals surface area (Å²) in [5.74, 6) is -3.47. The summed E-state index contributed by atoms with van der Waals surface area (Å²) in [6.45, 7) is 2.08. The number of nitrogens with one attached hydrogen (secondary N) is 3. The molecule has 0 saturated carbocycles. The number of carbonyl (C=O) groups excluding carboxylic acids is 3. The summed E-state index contributed by atoms with van der Waals surface area (Å²) in [5, 5.41) is 21.3. The number of halogens is 1. The first kappa shape index (κ1) is 20.6. The number of carbonyl (C=O) groups is 4. The average Bonchev–Trinajstić information content (AvgIpc) is 3.08. The number of thiazole rings is 1. The second-order valence-corrected chi connectivity index (χ2v) is 6.39. The minimum absolute atomic E-state index is 0.0880. The van der Waals surface area contributed by atoms with E-state index in [0.29, 0.717) is 6.42 Å². The third-order valence-corrected chi connectivity index (χ3v) is 4.25. The number of hydrogen-bond donors (Lipinski definition) is 4. The van der Waals surface area contributed by atoms with E-state index in [0.717, 1.165) is 11.3 Å². The number of alkyl halides is 1. The summed E-state index contributed by atoms with van der Waals surface area (Å²) in [4.78, 5) is 55.5. The van der Waals surface area contributed by atoms with E-state index in [1.54, 1.807) is 0 Å². The van der Waals surface area contributed by atoms with Crippen molar-refractivity contribution >= 4 is 57.5 Å². The number of oxime groups is 1. The Kier molecular flexibility index (Phi) is 7.07. The summed E-state index contributed by atoms with van der Waals surface area (Å²) >= 11 is 6.44. The second-order valence-electron chi connectivity index (χ2n) is 5.27. The molecule has 1 aliphatic rings. The van der Waals surface area contributed by atoms with Crippen molar-refractivity contribution < 1.29 is 29.1 Å². The Bertz CT molecular complexity index is 782. The van der Waals surface area contributed by atoms with Crippen LogP contribution in [0.25, 0.3) is 0 Å². The van der Waals surface area contributed by atoms with Gasteiger partial charge in [0.2, 0.25) is 11.8 Å². The standard InChI is InChI=1S/C14H16ClN5O6S/c1-2-3-26-20-8(6-5-27-14(16-6)17-7(21)4-15)11(22)18-9-10(13(24)25)19-12(9)23/h5,9-10H,2-4H2,1H3,(H,18,22)(H,19,23)(H,24,25)(H,16,17,21)/t9-,10-/m0/s1. The first-order valence-corrected chi connectivity index (χ1v) is 9.14. The number of carboxylic acid groups (broad SMARTS) is 1. The summed E-state index contributed by atoms with van der Waals surface area (Å²) in [6, 6.07) is -2.46. The molecule has 146 valence electrons. The minimum Gasteiger partial charge on any atom is -0.480 e. The Balaban J connectivity index is 2.17. The molecule has 11 nitrogen and oxygen atoms in total. The van der Waals surface area contributed by atoms with E-state index in [1.165, 1.54) is 5.38 Å². The summed E-state index contributed by atoms with van der Waals surface area (Å²) in [5.41, 5.74) is -0.167. The highest BCUT2D eigenvalue weighted by atomic mass is 35.5. The third kappa shape index (κ3) is 5.14.